The second-order valence-corrected chi connectivity index (χ2v) is 5.00. The Morgan fingerprint density at radius 2 is 2.00 bits per heavy atom. The third kappa shape index (κ3) is 4.26. The topological polar surface area (TPSA) is 84.9 Å². The number of unbranched alkanes of at least 4 members (excludes halogenated alkanes) is 1. The summed E-state index contributed by atoms with van der Waals surface area (Å²) in [6.07, 6.45) is 1.24. The highest BCUT2D eigenvalue weighted by molar-refractivity contribution is 6.32. The molecule has 0 atom stereocenters. The van der Waals surface area contributed by atoms with E-state index in [2.05, 4.69) is 5.32 Å². The zero-order valence-corrected chi connectivity index (χ0v) is 12.1. The van der Waals surface area contributed by atoms with Crippen molar-refractivity contribution in [3.63, 3.8) is 0 Å². The smallest absolute Gasteiger partial charge is 0.303 e. The van der Waals surface area contributed by atoms with Crippen molar-refractivity contribution < 1.29 is 24.2 Å². The van der Waals surface area contributed by atoms with Crippen molar-refractivity contribution in [1.82, 2.24) is 5.32 Å². The Hall–Kier alpha value is -1.95. The fraction of sp³-hybridized carbons (Fsp3) is 0.429. The number of carboxylic acids is 1. The molecule has 0 aromatic heterocycles. The van der Waals surface area contributed by atoms with Crippen LogP contribution in [0.25, 0.3) is 0 Å². The van der Waals surface area contributed by atoms with Gasteiger partial charge >= 0.3 is 5.97 Å². The van der Waals surface area contributed by atoms with E-state index in [4.69, 9.17) is 26.2 Å². The summed E-state index contributed by atoms with van der Waals surface area (Å²) < 4.78 is 10.8. The molecule has 0 radical (unpaired) electrons. The average molecular weight is 314 g/mol. The van der Waals surface area contributed by atoms with Crippen molar-refractivity contribution in [2.75, 3.05) is 19.8 Å². The standard InChI is InChI=1S/C14H16ClNO5/c15-10-7-9(8-11-13(10)21-6-5-20-11)14(19)16-4-2-1-3-12(17)18/h7-8H,1-6H2,(H,16,19)(H,17,18). The van der Waals surface area contributed by atoms with Gasteiger partial charge in [0.2, 0.25) is 0 Å². The lowest BCUT2D eigenvalue weighted by atomic mass is 10.1. The van der Waals surface area contributed by atoms with Gasteiger partial charge in [0, 0.05) is 18.5 Å². The van der Waals surface area contributed by atoms with E-state index in [1.807, 2.05) is 0 Å². The Morgan fingerprint density at radius 3 is 2.76 bits per heavy atom. The van der Waals surface area contributed by atoms with Gasteiger partial charge in [0.05, 0.1) is 5.02 Å². The highest BCUT2D eigenvalue weighted by Gasteiger charge is 2.19. The van der Waals surface area contributed by atoms with E-state index in [9.17, 15) is 9.59 Å². The molecule has 0 fully saturated rings. The van der Waals surface area contributed by atoms with Gasteiger partial charge in [0.1, 0.15) is 13.2 Å². The van der Waals surface area contributed by atoms with Crippen LogP contribution in [0.2, 0.25) is 5.02 Å². The van der Waals surface area contributed by atoms with Gasteiger partial charge in [-0.3, -0.25) is 9.59 Å². The largest absolute Gasteiger partial charge is 0.486 e. The fourth-order valence-electron chi connectivity index (χ4n) is 1.95. The molecule has 7 heteroatoms. The molecule has 2 rings (SSSR count). The summed E-state index contributed by atoms with van der Waals surface area (Å²) in [4.78, 5) is 22.4. The van der Waals surface area contributed by atoms with Gasteiger partial charge in [-0.1, -0.05) is 11.6 Å². The van der Waals surface area contributed by atoms with E-state index < -0.39 is 5.97 Å². The van der Waals surface area contributed by atoms with E-state index in [0.29, 0.717) is 54.7 Å². The zero-order chi connectivity index (χ0) is 15.2. The van der Waals surface area contributed by atoms with Crippen LogP contribution in [0.3, 0.4) is 0 Å². The second-order valence-electron chi connectivity index (χ2n) is 4.59. The van der Waals surface area contributed by atoms with Gasteiger partial charge < -0.3 is 19.9 Å². The van der Waals surface area contributed by atoms with Gasteiger partial charge in [-0.25, -0.2) is 0 Å². The molecule has 0 saturated heterocycles. The van der Waals surface area contributed by atoms with Crippen molar-refractivity contribution in [3.05, 3.63) is 22.7 Å². The van der Waals surface area contributed by atoms with Gasteiger partial charge in [0.15, 0.2) is 11.5 Å². The van der Waals surface area contributed by atoms with E-state index in [-0.39, 0.29) is 12.3 Å². The Kier molecular flexibility index (Phi) is 5.27. The van der Waals surface area contributed by atoms with Crippen molar-refractivity contribution >= 4 is 23.5 Å². The zero-order valence-electron chi connectivity index (χ0n) is 11.4. The summed E-state index contributed by atoms with van der Waals surface area (Å²) in [5.41, 5.74) is 0.391. The number of halogens is 1. The lowest BCUT2D eigenvalue weighted by Gasteiger charge is -2.20. The summed E-state index contributed by atoms with van der Waals surface area (Å²) in [5, 5.41) is 11.6. The van der Waals surface area contributed by atoms with E-state index in [1.165, 1.54) is 6.07 Å². The van der Waals surface area contributed by atoms with Crippen LogP contribution >= 0.6 is 11.6 Å². The SMILES string of the molecule is O=C(O)CCCCNC(=O)c1cc(Cl)c2c(c1)OCCO2. The number of carbonyl (C=O) groups excluding carboxylic acids is 1. The first-order chi connectivity index (χ1) is 10.1. The van der Waals surface area contributed by atoms with Gasteiger partial charge in [-0.05, 0) is 25.0 Å². The van der Waals surface area contributed by atoms with Crippen LogP contribution in [0.15, 0.2) is 12.1 Å². The fourth-order valence-corrected chi connectivity index (χ4v) is 2.21. The van der Waals surface area contributed by atoms with Crippen LogP contribution in [-0.4, -0.2) is 36.7 Å². The van der Waals surface area contributed by atoms with Crippen molar-refractivity contribution in [2.24, 2.45) is 0 Å². The lowest BCUT2D eigenvalue weighted by Crippen LogP contribution is -2.25. The van der Waals surface area contributed by atoms with Crippen LogP contribution in [0.1, 0.15) is 29.6 Å². The van der Waals surface area contributed by atoms with Crippen LogP contribution in [0, 0.1) is 0 Å². The van der Waals surface area contributed by atoms with Crippen LogP contribution in [0.4, 0.5) is 0 Å². The van der Waals surface area contributed by atoms with E-state index in [1.54, 1.807) is 6.07 Å². The predicted octanol–water partition coefficient (Wildman–Crippen LogP) is 2.10. The highest BCUT2D eigenvalue weighted by atomic mass is 35.5. The van der Waals surface area contributed by atoms with Crippen LogP contribution in [0.5, 0.6) is 11.5 Å². The molecule has 1 heterocycles. The van der Waals surface area contributed by atoms with Gasteiger partial charge in [-0.2, -0.15) is 0 Å². The number of carboxylic acid groups (broad SMARTS) is 1. The molecule has 1 aliphatic heterocycles. The molecule has 0 spiro atoms. The quantitative estimate of drug-likeness (QED) is 0.786. The maximum Gasteiger partial charge on any atom is 0.303 e. The molecule has 2 N–H and O–H groups in total. The Bertz CT molecular complexity index is 546. The molecule has 1 aromatic carbocycles. The normalized spacial score (nSPS) is 12.8. The second kappa shape index (κ2) is 7.17. The Balaban J connectivity index is 1.90. The predicted molar refractivity (Wildman–Crippen MR) is 76.3 cm³/mol. The number of fused-ring (bicyclic) bond motifs is 1. The third-order valence-electron chi connectivity index (χ3n) is 2.96. The first-order valence-electron chi connectivity index (χ1n) is 6.67. The lowest BCUT2D eigenvalue weighted by molar-refractivity contribution is -0.137. The summed E-state index contributed by atoms with van der Waals surface area (Å²) in [6, 6.07) is 3.12. The number of ether oxygens (including phenoxy) is 2. The van der Waals surface area contributed by atoms with Crippen LogP contribution < -0.4 is 14.8 Å². The summed E-state index contributed by atoms with van der Waals surface area (Å²) >= 11 is 6.06. The summed E-state index contributed by atoms with van der Waals surface area (Å²) in [7, 11) is 0. The minimum absolute atomic E-state index is 0.103. The molecule has 1 amide bonds. The number of hydrogen-bond acceptors (Lipinski definition) is 4. The minimum Gasteiger partial charge on any atom is -0.486 e. The number of amides is 1. The molecule has 0 aliphatic carbocycles. The summed E-state index contributed by atoms with van der Waals surface area (Å²) in [5.74, 6) is -0.185. The molecule has 6 nitrogen and oxygen atoms in total. The maximum absolute atomic E-state index is 12.0. The van der Waals surface area contributed by atoms with Crippen molar-refractivity contribution in [2.45, 2.75) is 19.3 Å². The van der Waals surface area contributed by atoms with Gasteiger partial charge in [-0.15, -0.1) is 0 Å². The molecule has 114 valence electrons. The monoisotopic (exact) mass is 313 g/mol. The molecule has 1 aromatic rings. The van der Waals surface area contributed by atoms with Crippen LogP contribution in [-0.2, 0) is 4.79 Å². The number of carbonyl (C=O) groups is 2. The molecular formula is C14H16ClNO5. The number of aliphatic carboxylic acids is 1. The molecule has 1 aliphatic rings. The van der Waals surface area contributed by atoms with Crippen molar-refractivity contribution in [1.29, 1.82) is 0 Å². The minimum atomic E-state index is -0.833. The van der Waals surface area contributed by atoms with E-state index >= 15 is 0 Å². The maximum atomic E-state index is 12.0. The molecule has 0 bridgehead atoms. The molecular weight excluding hydrogens is 298 g/mol. The number of hydrogen-bond donors (Lipinski definition) is 2. The Morgan fingerprint density at radius 1 is 1.24 bits per heavy atom. The first-order valence-corrected chi connectivity index (χ1v) is 7.05. The Labute approximate surface area is 127 Å². The first kappa shape index (κ1) is 15.4. The molecule has 0 unspecified atom stereocenters. The van der Waals surface area contributed by atoms with E-state index in [0.717, 1.165) is 0 Å². The average Bonchev–Trinajstić information content (AvgIpc) is 2.46. The molecule has 21 heavy (non-hydrogen) atoms. The summed E-state index contributed by atoms with van der Waals surface area (Å²) in [6.45, 7) is 1.27. The van der Waals surface area contributed by atoms with Crippen molar-refractivity contribution in [3.8, 4) is 11.5 Å². The van der Waals surface area contributed by atoms with Gasteiger partial charge in [0.25, 0.3) is 5.91 Å². The number of rotatable bonds is 6. The third-order valence-corrected chi connectivity index (χ3v) is 3.24. The number of nitrogens with one attached hydrogen (secondary N) is 1. The molecule has 0 saturated carbocycles. The highest BCUT2D eigenvalue weighted by Crippen LogP contribution is 2.38. The number of benzene rings is 1.